The van der Waals surface area contributed by atoms with Crippen LogP contribution in [0.2, 0.25) is 0 Å². The summed E-state index contributed by atoms with van der Waals surface area (Å²) < 4.78 is 0. The van der Waals surface area contributed by atoms with E-state index in [-0.39, 0.29) is 29.0 Å². The fourth-order valence-corrected chi connectivity index (χ4v) is 10.0. The minimum atomic E-state index is 0.00254. The first kappa shape index (κ1) is 44.5. The van der Waals surface area contributed by atoms with Crippen LogP contribution in [-0.2, 0) is 0 Å². The number of rotatable bonds is 0. The predicted molar refractivity (Wildman–Crippen MR) is 273 cm³/mol. The van der Waals surface area contributed by atoms with Gasteiger partial charge in [0.25, 0.3) is 5.82 Å². The summed E-state index contributed by atoms with van der Waals surface area (Å²) in [5.41, 5.74) is 13.0. The number of benzene rings is 8. The van der Waals surface area contributed by atoms with Gasteiger partial charge in [0, 0.05) is 11.8 Å². The summed E-state index contributed by atoms with van der Waals surface area (Å²) in [6, 6.07) is 47.1. The molecular weight excluding hydrogens is 919 g/mol. The molecule has 0 N–H and O–H groups in total. The smallest absolute Gasteiger partial charge is 0.288 e. The molecule has 3 heterocycles. The van der Waals surface area contributed by atoms with Crippen LogP contribution in [0.25, 0.3) is 80.0 Å². The van der Waals surface area contributed by atoms with Crippen LogP contribution in [0.4, 0.5) is 17.2 Å². The molecule has 0 spiro atoms. The molecule has 74 heavy (non-hydrogen) atoms. The second-order valence-electron chi connectivity index (χ2n) is 17.0. The Labute approximate surface area is 419 Å². The molecule has 14 rings (SSSR count). The van der Waals surface area contributed by atoms with Crippen LogP contribution in [0, 0.1) is 87.7 Å². The Morgan fingerprint density at radius 2 is 0.716 bits per heavy atom. The largest absolute Gasteiger partial charge is 0.359 e. The molecule has 11 aromatic rings. The van der Waals surface area contributed by atoms with Crippen LogP contribution >= 0.6 is 0 Å². The average Bonchev–Trinajstić information content (AvgIpc) is 3.47. The number of fused-ring (bicyclic) bond motifs is 12. The van der Waals surface area contributed by atoms with Crippen molar-refractivity contribution in [2.75, 3.05) is 0 Å². The molecule has 334 valence electrons. The van der Waals surface area contributed by atoms with Gasteiger partial charge in [0.1, 0.15) is 39.7 Å². The Morgan fingerprint density at radius 3 is 1.19 bits per heavy atom. The molecule has 0 saturated heterocycles. The maximum Gasteiger partial charge on any atom is 0.288 e. The lowest BCUT2D eigenvalue weighted by Crippen LogP contribution is -2.27. The van der Waals surface area contributed by atoms with E-state index in [1.54, 1.807) is 18.2 Å². The highest BCUT2D eigenvalue weighted by Crippen LogP contribution is 2.56. The van der Waals surface area contributed by atoms with Gasteiger partial charge in [-0.3, -0.25) is 4.98 Å². The summed E-state index contributed by atoms with van der Waals surface area (Å²) >= 11 is 0. The molecule has 0 fully saturated rings. The highest BCUT2D eigenvalue weighted by atomic mass is 15.0. The Balaban J connectivity index is 0.000000119. The third kappa shape index (κ3) is 7.13. The second-order valence-corrected chi connectivity index (χ2v) is 17.0. The Morgan fingerprint density at radius 1 is 0.338 bits per heavy atom. The molecule has 0 aliphatic heterocycles. The monoisotopic (exact) mass is 941 g/mol. The first-order chi connectivity index (χ1) is 36.2. The number of hydrogen-bond donors (Lipinski definition) is 0. The van der Waals surface area contributed by atoms with Gasteiger partial charge in [-0.25, -0.2) is 29.6 Å². The summed E-state index contributed by atoms with van der Waals surface area (Å²) in [5.74, 6) is 0.141. The van der Waals surface area contributed by atoms with Crippen molar-refractivity contribution in [3.8, 4) is 36.4 Å². The van der Waals surface area contributed by atoms with Crippen LogP contribution in [0.1, 0.15) is 78.9 Å². The lowest BCUT2D eigenvalue weighted by Gasteiger charge is -2.42. The normalized spacial score (nSPS) is 13.0. The molecule has 8 aromatic carbocycles. The highest BCUT2D eigenvalue weighted by Gasteiger charge is 2.41. The first-order valence-corrected chi connectivity index (χ1v) is 22.2. The first-order valence-electron chi connectivity index (χ1n) is 22.2. The topological polar surface area (TPSA) is 233 Å². The van der Waals surface area contributed by atoms with Gasteiger partial charge in [0.05, 0.1) is 78.3 Å². The lowest BCUT2D eigenvalue weighted by atomic mass is 9.60. The van der Waals surface area contributed by atoms with Gasteiger partial charge >= 0.3 is 0 Å². The summed E-state index contributed by atoms with van der Waals surface area (Å²) in [4.78, 5) is 35.7. The zero-order valence-corrected chi connectivity index (χ0v) is 38.0. The van der Waals surface area contributed by atoms with E-state index in [4.69, 9.17) is 30.2 Å². The molecule has 15 nitrogen and oxygen atoms in total. The maximum atomic E-state index is 9.32. The SMILES string of the molecule is [C-]#[N+]c1ccc2c(c1)C1c3ccc(C#N)cc3C2c2ccc(C#N)cc21.[C-]#[N+]c1ccc2c3cc(C#N)ccc3c3cc(C#N)ccc3c2c1.[C-]#[N+]c1cnc2c3nc(C#N)cnc3c3nc(C#N)cnc3c2n1. The van der Waals surface area contributed by atoms with E-state index in [9.17, 15) is 21.0 Å². The minimum Gasteiger partial charge on any atom is -0.359 e. The molecule has 2 bridgehead atoms. The Bertz CT molecular complexity index is 4110. The van der Waals surface area contributed by atoms with Crippen molar-refractivity contribution >= 4 is 82.6 Å². The van der Waals surface area contributed by atoms with E-state index in [0.717, 1.165) is 49.0 Å². The standard InChI is InChI=1S/C23H11N3.C21H9N3.C15H3N9/c1-26-15-4-7-18-21(10-15)23-17-6-3-13(11-24)8-19(17)22(18)16-5-2-14(12-25)9-20(16)23;1-24-15-4-7-18-20-9-13(11-22)2-5-16(20)19-8-14(12-23)3-6-17(19)21(18)10-15;1-18-9-6-21-12-14-10(19-4-7(2-16)23-14)13-11(15(12)24-9)20-5-8(3-17)22-13/h2-10,22-23H;2-10H;4-6H. The van der Waals surface area contributed by atoms with Gasteiger partial charge in [-0.2, -0.15) is 31.6 Å². The van der Waals surface area contributed by atoms with Crippen molar-refractivity contribution in [1.82, 2.24) is 29.9 Å². The third-order valence-corrected chi connectivity index (χ3v) is 13.1. The average molecular weight is 942 g/mol. The number of nitriles is 6. The molecule has 3 aliphatic carbocycles. The van der Waals surface area contributed by atoms with E-state index in [2.05, 4.69) is 68.7 Å². The highest BCUT2D eigenvalue weighted by molar-refractivity contribution is 6.26. The molecule has 2 atom stereocenters. The van der Waals surface area contributed by atoms with E-state index in [1.807, 2.05) is 103 Å². The Kier molecular flexibility index (Phi) is 10.7. The van der Waals surface area contributed by atoms with E-state index < -0.39 is 0 Å². The van der Waals surface area contributed by atoms with Crippen LogP contribution in [0.15, 0.2) is 128 Å². The maximum absolute atomic E-state index is 9.32. The van der Waals surface area contributed by atoms with Crippen molar-refractivity contribution in [2.24, 2.45) is 0 Å². The zero-order valence-electron chi connectivity index (χ0n) is 38.0. The van der Waals surface area contributed by atoms with Gasteiger partial charge in [-0.15, -0.1) is 4.98 Å². The van der Waals surface area contributed by atoms with Gasteiger partial charge in [-0.05, 0) is 120 Å². The summed E-state index contributed by atoms with van der Waals surface area (Å²) in [6.07, 6.45) is 3.95. The van der Waals surface area contributed by atoms with Crippen LogP contribution < -0.4 is 0 Å². The van der Waals surface area contributed by atoms with E-state index >= 15 is 0 Å². The molecule has 0 saturated carbocycles. The molecule has 0 radical (unpaired) electrons. The van der Waals surface area contributed by atoms with Crippen molar-refractivity contribution in [2.45, 2.75) is 11.8 Å². The number of aromatic nitrogens is 6. The Hall–Kier alpha value is -12.0. The van der Waals surface area contributed by atoms with Gasteiger partial charge in [0.2, 0.25) is 5.52 Å². The van der Waals surface area contributed by atoms with Crippen LogP contribution in [0.3, 0.4) is 0 Å². The predicted octanol–water partition coefficient (Wildman–Crippen LogP) is 12.2. The number of nitrogens with zero attached hydrogens (tertiary/aromatic N) is 15. The van der Waals surface area contributed by atoms with Gasteiger partial charge in [-0.1, -0.05) is 61.2 Å². The molecule has 2 unspecified atom stereocenters. The second kappa shape index (κ2) is 17.8. The quantitative estimate of drug-likeness (QED) is 0.102. The summed E-state index contributed by atoms with van der Waals surface area (Å²) in [6.45, 7) is 21.7. The summed E-state index contributed by atoms with van der Waals surface area (Å²) in [5, 5.41) is 61.1. The molecule has 0 amide bonds. The fourth-order valence-electron chi connectivity index (χ4n) is 10.0. The summed E-state index contributed by atoms with van der Waals surface area (Å²) in [7, 11) is 0. The van der Waals surface area contributed by atoms with Crippen molar-refractivity contribution in [3.63, 3.8) is 0 Å². The van der Waals surface area contributed by atoms with E-state index in [1.165, 1.54) is 35.3 Å². The van der Waals surface area contributed by atoms with Crippen molar-refractivity contribution in [3.05, 3.63) is 229 Å². The minimum absolute atomic E-state index is 0.00254. The van der Waals surface area contributed by atoms with E-state index in [0.29, 0.717) is 66.7 Å². The molecular formula is C59H23N15. The fraction of sp³-hybridized carbons (Fsp3) is 0.0339. The van der Waals surface area contributed by atoms with Gasteiger partial charge in [0.15, 0.2) is 22.8 Å². The molecule has 3 aromatic heterocycles. The number of hydrogen-bond acceptors (Lipinski definition) is 12. The van der Waals surface area contributed by atoms with Crippen molar-refractivity contribution in [1.29, 1.82) is 31.6 Å². The molecule has 3 aliphatic rings. The zero-order chi connectivity index (χ0) is 51.2. The van der Waals surface area contributed by atoms with Crippen molar-refractivity contribution < 1.29 is 0 Å². The van der Waals surface area contributed by atoms with Crippen LogP contribution in [0.5, 0.6) is 0 Å². The lowest BCUT2D eigenvalue weighted by molar-refractivity contribution is 0.754. The van der Waals surface area contributed by atoms with Crippen LogP contribution in [-0.4, -0.2) is 29.9 Å². The van der Waals surface area contributed by atoms with Gasteiger partial charge < -0.3 is 4.85 Å². The third-order valence-electron chi connectivity index (χ3n) is 13.1. The molecule has 15 heteroatoms.